The van der Waals surface area contributed by atoms with E-state index in [0.29, 0.717) is 33.3 Å². The molecule has 0 spiro atoms. The molecule has 30 heavy (non-hydrogen) atoms. The van der Waals surface area contributed by atoms with E-state index in [9.17, 15) is 5.26 Å². The fourth-order valence-corrected chi connectivity index (χ4v) is 9.88. The molecule has 4 aliphatic carbocycles. The third-order valence-corrected chi connectivity index (χ3v) is 16.3. The van der Waals surface area contributed by atoms with Crippen LogP contribution in [0.3, 0.4) is 0 Å². The molecule has 4 saturated carbocycles. The molecule has 170 valence electrons. The fourth-order valence-electron chi connectivity index (χ4n) is 8.49. The maximum atomic E-state index is 9.76. The standard InChI is InChI=1S/C27H47NOSi/c1-24(2,3)30(7,8)29-20-11-16-27(6)23-13-15-26(5)19(18-28)9-10-22(26)21(23)12-14-25(27,4)17-20/h19-23H,9-17H2,1-8H3/t19?,20-,21+,22+,23+,25+,26-,27-/m1/s1. The van der Waals surface area contributed by atoms with Gasteiger partial charge in [0.1, 0.15) is 0 Å². The Bertz CT molecular complexity index is 719. The Morgan fingerprint density at radius 3 is 2.23 bits per heavy atom. The molecule has 3 heteroatoms. The monoisotopic (exact) mass is 429 g/mol. The molecular formula is C27H47NOSi. The molecule has 0 N–H and O–H groups in total. The largest absolute Gasteiger partial charge is 0.414 e. The van der Waals surface area contributed by atoms with E-state index in [0.717, 1.165) is 24.2 Å². The van der Waals surface area contributed by atoms with Gasteiger partial charge in [0, 0.05) is 6.10 Å². The average Bonchev–Trinajstić information content (AvgIpc) is 2.98. The predicted octanol–water partition coefficient (Wildman–Crippen LogP) is 7.95. The Balaban J connectivity index is 1.54. The van der Waals surface area contributed by atoms with Gasteiger partial charge in [0.2, 0.25) is 0 Å². The summed E-state index contributed by atoms with van der Waals surface area (Å²) in [5.41, 5.74) is 1.17. The molecule has 8 atom stereocenters. The minimum absolute atomic E-state index is 0.292. The van der Waals surface area contributed by atoms with E-state index in [1.165, 1.54) is 51.4 Å². The second-order valence-corrected chi connectivity index (χ2v) is 18.7. The van der Waals surface area contributed by atoms with Gasteiger partial charge in [0.15, 0.2) is 8.32 Å². The number of hydrogen-bond acceptors (Lipinski definition) is 2. The van der Waals surface area contributed by atoms with E-state index in [4.69, 9.17) is 4.43 Å². The van der Waals surface area contributed by atoms with E-state index in [1.807, 2.05) is 0 Å². The number of rotatable bonds is 2. The topological polar surface area (TPSA) is 33.0 Å². The van der Waals surface area contributed by atoms with Gasteiger partial charge in [0.05, 0.1) is 12.0 Å². The van der Waals surface area contributed by atoms with Crippen LogP contribution in [0.4, 0.5) is 0 Å². The lowest BCUT2D eigenvalue weighted by atomic mass is 9.40. The molecule has 0 radical (unpaired) electrons. The Kier molecular flexibility index (Phi) is 5.39. The second-order valence-electron chi connectivity index (χ2n) is 13.9. The Morgan fingerprint density at radius 2 is 1.60 bits per heavy atom. The first-order valence-electron chi connectivity index (χ1n) is 12.8. The molecular weight excluding hydrogens is 382 g/mol. The van der Waals surface area contributed by atoms with Crippen LogP contribution in [-0.2, 0) is 4.43 Å². The third-order valence-electron chi connectivity index (χ3n) is 11.8. The Morgan fingerprint density at radius 1 is 0.900 bits per heavy atom. The quantitative estimate of drug-likeness (QED) is 0.417. The summed E-state index contributed by atoms with van der Waals surface area (Å²) >= 11 is 0. The maximum absolute atomic E-state index is 9.76. The van der Waals surface area contributed by atoms with E-state index in [1.54, 1.807) is 0 Å². The molecule has 4 fully saturated rings. The van der Waals surface area contributed by atoms with Crippen molar-refractivity contribution < 1.29 is 4.43 Å². The number of hydrogen-bond donors (Lipinski definition) is 0. The van der Waals surface area contributed by atoms with Crippen molar-refractivity contribution in [3.05, 3.63) is 0 Å². The first-order chi connectivity index (χ1) is 13.8. The molecule has 0 aliphatic heterocycles. The zero-order chi connectivity index (χ0) is 22.2. The molecule has 4 aliphatic rings. The number of fused-ring (bicyclic) bond motifs is 5. The van der Waals surface area contributed by atoms with Crippen molar-refractivity contribution in [2.75, 3.05) is 0 Å². The fraction of sp³-hybridized carbons (Fsp3) is 0.963. The van der Waals surface area contributed by atoms with Crippen LogP contribution in [-0.4, -0.2) is 14.4 Å². The highest BCUT2D eigenvalue weighted by atomic mass is 28.4. The maximum Gasteiger partial charge on any atom is 0.192 e. The van der Waals surface area contributed by atoms with Crippen LogP contribution in [0.25, 0.3) is 0 Å². The third kappa shape index (κ3) is 3.18. The zero-order valence-corrected chi connectivity index (χ0v) is 22.1. The van der Waals surface area contributed by atoms with Crippen molar-refractivity contribution in [2.45, 2.75) is 124 Å². The van der Waals surface area contributed by atoms with Gasteiger partial charge < -0.3 is 4.43 Å². The van der Waals surface area contributed by atoms with E-state index >= 15 is 0 Å². The first-order valence-corrected chi connectivity index (χ1v) is 15.8. The average molecular weight is 430 g/mol. The molecule has 0 saturated heterocycles. The SMILES string of the molecule is CC(C)(C)[Si](C)(C)O[C@@H]1CC[C@]2(C)[C@H]3CC[C@]4(C)C(C#N)CC[C@H]4[C@@H]3CC[C@@]2(C)C1. The second kappa shape index (κ2) is 7.08. The smallest absolute Gasteiger partial charge is 0.192 e. The predicted molar refractivity (Wildman–Crippen MR) is 128 cm³/mol. The van der Waals surface area contributed by atoms with Crippen LogP contribution in [0.1, 0.15) is 99.3 Å². The van der Waals surface area contributed by atoms with Crippen LogP contribution in [0.2, 0.25) is 18.1 Å². The van der Waals surface area contributed by atoms with Crippen molar-refractivity contribution in [3.63, 3.8) is 0 Å². The summed E-state index contributed by atoms with van der Waals surface area (Å²) in [6.45, 7) is 19.7. The van der Waals surface area contributed by atoms with Gasteiger partial charge in [-0.15, -0.1) is 0 Å². The molecule has 0 aromatic carbocycles. The summed E-state index contributed by atoms with van der Waals surface area (Å²) in [6.07, 6.45) is 12.2. The van der Waals surface area contributed by atoms with Gasteiger partial charge in [-0.3, -0.25) is 0 Å². The molecule has 0 heterocycles. The Labute approximate surface area is 187 Å². The van der Waals surface area contributed by atoms with Crippen LogP contribution in [0, 0.1) is 51.2 Å². The van der Waals surface area contributed by atoms with Crippen molar-refractivity contribution in [1.29, 1.82) is 5.26 Å². The van der Waals surface area contributed by atoms with Crippen molar-refractivity contribution in [2.24, 2.45) is 39.9 Å². The highest BCUT2D eigenvalue weighted by Crippen LogP contribution is 2.70. The highest BCUT2D eigenvalue weighted by Gasteiger charge is 2.63. The summed E-state index contributed by atoms with van der Waals surface area (Å²) in [7, 11) is -1.71. The van der Waals surface area contributed by atoms with E-state index < -0.39 is 8.32 Å². The number of nitrogens with zero attached hydrogens (tertiary/aromatic N) is 1. The molecule has 1 unspecified atom stereocenters. The molecule has 0 amide bonds. The van der Waals surface area contributed by atoms with Gasteiger partial charge in [-0.05, 0) is 110 Å². The van der Waals surface area contributed by atoms with Crippen LogP contribution in [0.15, 0.2) is 0 Å². The van der Waals surface area contributed by atoms with E-state index in [-0.39, 0.29) is 0 Å². The van der Waals surface area contributed by atoms with Crippen LogP contribution >= 0.6 is 0 Å². The van der Waals surface area contributed by atoms with Gasteiger partial charge >= 0.3 is 0 Å². The lowest BCUT2D eigenvalue weighted by Gasteiger charge is -2.65. The number of nitriles is 1. The van der Waals surface area contributed by atoms with Crippen LogP contribution in [0.5, 0.6) is 0 Å². The summed E-state index contributed by atoms with van der Waals surface area (Å²) in [6, 6.07) is 2.70. The van der Waals surface area contributed by atoms with E-state index in [2.05, 4.69) is 60.7 Å². The lowest BCUT2D eigenvalue weighted by molar-refractivity contribution is -0.166. The molecule has 4 rings (SSSR count). The van der Waals surface area contributed by atoms with Crippen molar-refractivity contribution in [1.82, 2.24) is 0 Å². The van der Waals surface area contributed by atoms with Gasteiger partial charge in [-0.2, -0.15) is 5.26 Å². The normalized spacial score (nSPS) is 49.0. The van der Waals surface area contributed by atoms with Crippen LogP contribution < -0.4 is 0 Å². The highest BCUT2D eigenvalue weighted by molar-refractivity contribution is 6.74. The van der Waals surface area contributed by atoms with Gasteiger partial charge in [-0.25, -0.2) is 0 Å². The zero-order valence-electron chi connectivity index (χ0n) is 21.1. The van der Waals surface area contributed by atoms with Crippen molar-refractivity contribution in [3.8, 4) is 6.07 Å². The minimum atomic E-state index is -1.71. The molecule has 0 bridgehead atoms. The first kappa shape index (κ1) is 22.8. The lowest BCUT2D eigenvalue weighted by Crippen LogP contribution is -2.59. The molecule has 0 aromatic heterocycles. The summed E-state index contributed by atoms with van der Waals surface area (Å²) in [5, 5.41) is 10.1. The van der Waals surface area contributed by atoms with Gasteiger partial charge in [0.25, 0.3) is 0 Å². The summed E-state index contributed by atoms with van der Waals surface area (Å²) in [4.78, 5) is 0. The summed E-state index contributed by atoms with van der Waals surface area (Å²) < 4.78 is 6.96. The Hall–Kier alpha value is -0.333. The van der Waals surface area contributed by atoms with Gasteiger partial charge in [-0.1, -0.05) is 41.5 Å². The summed E-state index contributed by atoms with van der Waals surface area (Å²) in [5.74, 6) is 2.82. The minimum Gasteiger partial charge on any atom is -0.414 e. The van der Waals surface area contributed by atoms with Crippen molar-refractivity contribution >= 4 is 8.32 Å². The molecule has 2 nitrogen and oxygen atoms in total. The molecule has 0 aromatic rings.